The summed E-state index contributed by atoms with van der Waals surface area (Å²) in [5, 5.41) is 4.05. The van der Waals surface area contributed by atoms with E-state index < -0.39 is 10.0 Å². The van der Waals surface area contributed by atoms with Crippen LogP contribution in [0, 0.1) is 0 Å². The Labute approximate surface area is 142 Å². The lowest BCUT2D eigenvalue weighted by molar-refractivity contribution is 0.265. The van der Waals surface area contributed by atoms with Crippen LogP contribution < -0.4 is 0 Å². The van der Waals surface area contributed by atoms with Crippen molar-refractivity contribution in [1.82, 2.24) is 14.4 Å². The molecule has 2 aromatic rings. The van der Waals surface area contributed by atoms with E-state index in [1.807, 2.05) is 6.07 Å². The Morgan fingerprint density at radius 1 is 1.33 bits per heavy atom. The van der Waals surface area contributed by atoms with Crippen molar-refractivity contribution in [2.24, 2.45) is 0 Å². The summed E-state index contributed by atoms with van der Waals surface area (Å²) in [6, 6.07) is 8.56. The second-order valence-corrected chi connectivity index (χ2v) is 8.25. The lowest BCUT2D eigenvalue weighted by Gasteiger charge is -2.30. The second-order valence-electron chi connectivity index (χ2n) is 6.32. The highest BCUT2D eigenvalue weighted by Gasteiger charge is 2.33. The highest BCUT2D eigenvalue weighted by Crippen LogP contribution is 2.30. The molecule has 1 aromatic carbocycles. The average molecular weight is 349 g/mol. The van der Waals surface area contributed by atoms with Gasteiger partial charge in [-0.3, -0.25) is 0 Å². The van der Waals surface area contributed by atoms with Crippen LogP contribution in [0.25, 0.3) is 0 Å². The predicted octanol–water partition coefficient (Wildman–Crippen LogP) is 3.15. The number of benzene rings is 1. The number of piperidine rings is 1. The molecule has 1 aliphatic rings. The molecule has 0 bridgehead atoms. The van der Waals surface area contributed by atoms with Crippen molar-refractivity contribution < 1.29 is 12.9 Å². The topological polar surface area (TPSA) is 76.3 Å². The van der Waals surface area contributed by atoms with Crippen LogP contribution in [0.4, 0.5) is 0 Å². The van der Waals surface area contributed by atoms with E-state index in [0.717, 1.165) is 19.3 Å². The van der Waals surface area contributed by atoms with Gasteiger partial charge in [-0.05, 0) is 31.4 Å². The van der Waals surface area contributed by atoms with E-state index in [2.05, 4.69) is 24.0 Å². The third-order valence-corrected chi connectivity index (χ3v) is 6.50. The summed E-state index contributed by atoms with van der Waals surface area (Å²) in [4.78, 5) is 4.82. The Morgan fingerprint density at radius 3 is 2.79 bits per heavy atom. The second kappa shape index (κ2) is 7.03. The molecule has 2 atom stereocenters. The molecule has 0 amide bonds. The van der Waals surface area contributed by atoms with Gasteiger partial charge in [0.2, 0.25) is 15.9 Å². The summed E-state index contributed by atoms with van der Waals surface area (Å²) in [5.74, 6) is 1.46. The molecule has 0 spiro atoms. The molecule has 2 heterocycles. The van der Waals surface area contributed by atoms with Crippen LogP contribution in [0.3, 0.4) is 0 Å². The monoisotopic (exact) mass is 349 g/mol. The lowest BCUT2D eigenvalue weighted by Crippen LogP contribution is -2.39. The first-order valence-electron chi connectivity index (χ1n) is 8.41. The third-order valence-electron chi connectivity index (χ3n) is 4.62. The highest BCUT2D eigenvalue weighted by molar-refractivity contribution is 7.89. The average Bonchev–Trinajstić information content (AvgIpc) is 3.12. The van der Waals surface area contributed by atoms with Gasteiger partial charge in [0.25, 0.3) is 0 Å². The number of hydrogen-bond acceptors (Lipinski definition) is 5. The van der Waals surface area contributed by atoms with Crippen LogP contribution in [-0.4, -0.2) is 36.0 Å². The van der Waals surface area contributed by atoms with Gasteiger partial charge in [0.1, 0.15) is 0 Å². The Kier molecular flexibility index (Phi) is 5.01. The quantitative estimate of drug-likeness (QED) is 0.829. The normalized spacial score (nSPS) is 20.8. The van der Waals surface area contributed by atoms with E-state index in [1.54, 1.807) is 24.3 Å². The molecule has 1 saturated heterocycles. The van der Waals surface area contributed by atoms with E-state index in [0.29, 0.717) is 29.7 Å². The van der Waals surface area contributed by atoms with Gasteiger partial charge >= 0.3 is 0 Å². The molecule has 1 aromatic heterocycles. The Bertz CT molecular complexity index is 773. The van der Waals surface area contributed by atoms with Crippen molar-refractivity contribution >= 4 is 10.0 Å². The molecular formula is C17H23N3O3S. The fraction of sp³-hybridized carbons (Fsp3) is 0.529. The lowest BCUT2D eigenvalue weighted by atomic mass is 9.99. The maximum Gasteiger partial charge on any atom is 0.243 e. The van der Waals surface area contributed by atoms with Gasteiger partial charge in [-0.2, -0.15) is 9.29 Å². The molecule has 7 heteroatoms. The van der Waals surface area contributed by atoms with Gasteiger partial charge < -0.3 is 4.52 Å². The number of nitrogens with zero attached hydrogens (tertiary/aromatic N) is 3. The third kappa shape index (κ3) is 3.37. The summed E-state index contributed by atoms with van der Waals surface area (Å²) in [7, 11) is -3.47. The minimum atomic E-state index is -3.47. The number of aromatic nitrogens is 2. The molecule has 3 rings (SSSR count). The first kappa shape index (κ1) is 17.1. The zero-order chi connectivity index (χ0) is 17.2. The molecule has 1 fully saturated rings. The smallest absolute Gasteiger partial charge is 0.243 e. The van der Waals surface area contributed by atoms with E-state index >= 15 is 0 Å². The van der Waals surface area contributed by atoms with Crippen LogP contribution in [-0.2, 0) is 10.0 Å². The van der Waals surface area contributed by atoms with Crippen LogP contribution in [0.2, 0.25) is 0 Å². The molecule has 24 heavy (non-hydrogen) atoms. The maximum absolute atomic E-state index is 12.8. The van der Waals surface area contributed by atoms with Gasteiger partial charge in [0.15, 0.2) is 5.82 Å². The zero-order valence-corrected chi connectivity index (χ0v) is 14.9. The van der Waals surface area contributed by atoms with Gasteiger partial charge in [-0.1, -0.05) is 37.2 Å². The highest BCUT2D eigenvalue weighted by atomic mass is 32.2. The van der Waals surface area contributed by atoms with Gasteiger partial charge in [0, 0.05) is 19.0 Å². The Morgan fingerprint density at radius 2 is 2.08 bits per heavy atom. The van der Waals surface area contributed by atoms with Gasteiger partial charge in [0.05, 0.1) is 10.8 Å². The van der Waals surface area contributed by atoms with E-state index in [4.69, 9.17) is 4.52 Å². The molecule has 6 nitrogen and oxygen atoms in total. The zero-order valence-electron chi connectivity index (χ0n) is 14.1. The van der Waals surface area contributed by atoms with Crippen LogP contribution >= 0.6 is 0 Å². The van der Waals surface area contributed by atoms with Crippen molar-refractivity contribution in [2.45, 2.75) is 49.8 Å². The molecule has 0 aliphatic carbocycles. The first-order valence-corrected chi connectivity index (χ1v) is 9.85. The molecule has 0 unspecified atom stereocenters. The van der Waals surface area contributed by atoms with Crippen molar-refractivity contribution in [3.8, 4) is 0 Å². The number of hydrogen-bond donors (Lipinski definition) is 0. The largest absolute Gasteiger partial charge is 0.339 e. The number of rotatable bonds is 5. The van der Waals surface area contributed by atoms with Crippen molar-refractivity contribution in [2.75, 3.05) is 13.1 Å². The van der Waals surface area contributed by atoms with Crippen LogP contribution in [0.15, 0.2) is 39.8 Å². The Hall–Kier alpha value is -1.73. The van der Waals surface area contributed by atoms with Gasteiger partial charge in [-0.15, -0.1) is 0 Å². The predicted molar refractivity (Wildman–Crippen MR) is 90.2 cm³/mol. The summed E-state index contributed by atoms with van der Waals surface area (Å²) in [5.41, 5.74) is 0. The number of sulfonamides is 1. The van der Waals surface area contributed by atoms with Crippen LogP contribution in [0.5, 0.6) is 0 Å². The summed E-state index contributed by atoms with van der Waals surface area (Å²) >= 11 is 0. The molecule has 0 N–H and O–H groups in total. The fourth-order valence-corrected chi connectivity index (χ4v) is 4.44. The van der Waals surface area contributed by atoms with E-state index in [9.17, 15) is 8.42 Å². The summed E-state index contributed by atoms with van der Waals surface area (Å²) < 4.78 is 32.5. The summed E-state index contributed by atoms with van der Waals surface area (Å²) in [6.07, 6.45) is 2.60. The van der Waals surface area contributed by atoms with Gasteiger partial charge in [-0.25, -0.2) is 8.42 Å². The van der Waals surface area contributed by atoms with Crippen molar-refractivity contribution in [1.29, 1.82) is 0 Å². The molecular weight excluding hydrogens is 326 g/mol. The molecule has 1 aliphatic heterocycles. The fourth-order valence-electron chi connectivity index (χ4n) is 2.90. The van der Waals surface area contributed by atoms with E-state index in [-0.39, 0.29) is 11.8 Å². The Balaban J connectivity index is 1.78. The van der Waals surface area contributed by atoms with Crippen molar-refractivity contribution in [3.05, 3.63) is 42.0 Å². The minimum Gasteiger partial charge on any atom is -0.339 e. The molecule has 130 valence electrons. The van der Waals surface area contributed by atoms with E-state index in [1.165, 1.54) is 4.31 Å². The van der Waals surface area contributed by atoms with Crippen LogP contribution in [0.1, 0.15) is 56.7 Å². The standard InChI is InChI=1S/C17H23N3O3S/c1-3-13(2)16-18-17(23-19-16)14-8-7-11-20(12-14)24(21,22)15-9-5-4-6-10-15/h4-6,9-10,13-14H,3,7-8,11-12H2,1-2H3/t13-,14-/m1/s1. The van der Waals surface area contributed by atoms with Crippen molar-refractivity contribution in [3.63, 3.8) is 0 Å². The summed E-state index contributed by atoms with van der Waals surface area (Å²) in [6.45, 7) is 5.05. The first-order chi connectivity index (χ1) is 11.5. The molecule has 0 saturated carbocycles. The SMILES string of the molecule is CC[C@@H](C)c1noc([C@@H]2CCCN(S(=O)(=O)c3ccccc3)C2)n1. The minimum absolute atomic E-state index is 0.0393. The molecule has 0 radical (unpaired) electrons. The maximum atomic E-state index is 12.8.